The van der Waals surface area contributed by atoms with Gasteiger partial charge in [0, 0.05) is 0 Å². The van der Waals surface area contributed by atoms with Crippen LogP contribution in [0.25, 0.3) is 0 Å². The van der Waals surface area contributed by atoms with Crippen molar-refractivity contribution < 1.29 is 17.7 Å². The van der Waals surface area contributed by atoms with Crippen molar-refractivity contribution in [3.05, 3.63) is 24.3 Å². The Hall–Kier alpha value is -1.27. The minimum absolute atomic E-state index is 0.261. The van der Waals surface area contributed by atoms with Gasteiger partial charge in [0.15, 0.2) is 5.37 Å². The van der Waals surface area contributed by atoms with Crippen LogP contribution >= 0.6 is 0 Å². The van der Waals surface area contributed by atoms with E-state index < -0.39 is 15.5 Å². The lowest BCUT2D eigenvalue weighted by Gasteiger charge is -2.17. The molecule has 0 fully saturated rings. The number of hydrogen-bond acceptors (Lipinski definition) is 4. The SMILES string of the molecule is CCC(Nc1ccccc1OC)S(=O)(=O)O. The molecule has 5 nitrogen and oxygen atoms in total. The van der Waals surface area contributed by atoms with Crippen LogP contribution in [0.5, 0.6) is 5.75 Å². The summed E-state index contributed by atoms with van der Waals surface area (Å²) < 4.78 is 36.1. The first kappa shape index (κ1) is 12.8. The third kappa shape index (κ3) is 3.11. The van der Waals surface area contributed by atoms with Gasteiger partial charge in [0.25, 0.3) is 10.1 Å². The molecule has 0 saturated carbocycles. The average molecular weight is 245 g/mol. The van der Waals surface area contributed by atoms with E-state index in [1.54, 1.807) is 31.2 Å². The van der Waals surface area contributed by atoms with E-state index in [4.69, 9.17) is 9.29 Å². The first-order valence-corrected chi connectivity index (χ1v) is 6.35. The summed E-state index contributed by atoms with van der Waals surface area (Å²) >= 11 is 0. The maximum Gasteiger partial charge on any atom is 0.286 e. The second kappa shape index (κ2) is 5.18. The lowest BCUT2D eigenvalue weighted by Crippen LogP contribution is -2.28. The van der Waals surface area contributed by atoms with E-state index in [1.807, 2.05) is 0 Å². The molecule has 0 heterocycles. The summed E-state index contributed by atoms with van der Waals surface area (Å²) in [6.07, 6.45) is 0.261. The number of rotatable bonds is 5. The summed E-state index contributed by atoms with van der Waals surface area (Å²) in [4.78, 5) is 0. The molecule has 1 atom stereocenters. The Morgan fingerprint density at radius 1 is 1.44 bits per heavy atom. The van der Waals surface area contributed by atoms with Crippen molar-refractivity contribution in [3.8, 4) is 5.75 Å². The lowest BCUT2D eigenvalue weighted by molar-refractivity contribution is 0.416. The van der Waals surface area contributed by atoms with Crippen molar-refractivity contribution in [1.29, 1.82) is 0 Å². The van der Waals surface area contributed by atoms with Gasteiger partial charge in [0.2, 0.25) is 0 Å². The van der Waals surface area contributed by atoms with Crippen LogP contribution in [0.4, 0.5) is 5.69 Å². The summed E-state index contributed by atoms with van der Waals surface area (Å²) in [5.41, 5.74) is 0.537. The monoisotopic (exact) mass is 245 g/mol. The Morgan fingerprint density at radius 3 is 2.56 bits per heavy atom. The molecule has 0 radical (unpaired) electrons. The van der Waals surface area contributed by atoms with Gasteiger partial charge in [0.05, 0.1) is 12.8 Å². The summed E-state index contributed by atoms with van der Waals surface area (Å²) in [7, 11) is -2.61. The van der Waals surface area contributed by atoms with Gasteiger partial charge in [-0.05, 0) is 18.6 Å². The Bertz CT molecular complexity index is 444. The minimum Gasteiger partial charge on any atom is -0.495 e. The normalized spacial score (nSPS) is 13.2. The number of ether oxygens (including phenoxy) is 1. The lowest BCUT2D eigenvalue weighted by atomic mass is 10.3. The van der Waals surface area contributed by atoms with Gasteiger partial charge in [-0.3, -0.25) is 4.55 Å². The van der Waals surface area contributed by atoms with E-state index in [0.29, 0.717) is 11.4 Å². The van der Waals surface area contributed by atoms with E-state index in [2.05, 4.69) is 5.32 Å². The van der Waals surface area contributed by atoms with Gasteiger partial charge >= 0.3 is 0 Å². The molecule has 0 amide bonds. The second-order valence-corrected chi connectivity index (χ2v) is 4.86. The highest BCUT2D eigenvalue weighted by Crippen LogP contribution is 2.25. The molecular weight excluding hydrogens is 230 g/mol. The number of methoxy groups -OCH3 is 1. The molecule has 0 aliphatic heterocycles. The zero-order valence-corrected chi connectivity index (χ0v) is 9.99. The van der Waals surface area contributed by atoms with Crippen LogP contribution in [-0.4, -0.2) is 25.5 Å². The van der Waals surface area contributed by atoms with Gasteiger partial charge in [-0.2, -0.15) is 8.42 Å². The number of hydrogen-bond donors (Lipinski definition) is 2. The number of para-hydroxylation sites is 2. The molecule has 1 aromatic rings. The summed E-state index contributed by atoms with van der Waals surface area (Å²) in [6, 6.07) is 6.92. The average Bonchev–Trinajstić information content (AvgIpc) is 2.24. The quantitative estimate of drug-likeness (QED) is 0.773. The Morgan fingerprint density at radius 2 is 2.06 bits per heavy atom. The summed E-state index contributed by atoms with van der Waals surface area (Å²) in [5, 5.41) is 1.70. The topological polar surface area (TPSA) is 75.6 Å². The second-order valence-electron chi connectivity index (χ2n) is 3.26. The molecule has 0 aliphatic carbocycles. The Labute approximate surface area is 95.2 Å². The summed E-state index contributed by atoms with van der Waals surface area (Å²) in [6.45, 7) is 1.67. The van der Waals surface area contributed by atoms with Crippen LogP contribution in [0, 0.1) is 0 Å². The van der Waals surface area contributed by atoms with Gasteiger partial charge < -0.3 is 10.1 Å². The van der Waals surface area contributed by atoms with Crippen molar-refractivity contribution in [2.45, 2.75) is 18.7 Å². The smallest absolute Gasteiger partial charge is 0.286 e. The van der Waals surface area contributed by atoms with E-state index in [0.717, 1.165) is 0 Å². The van der Waals surface area contributed by atoms with Crippen molar-refractivity contribution in [3.63, 3.8) is 0 Å². The molecule has 0 spiro atoms. The first-order valence-electron chi connectivity index (χ1n) is 4.85. The highest BCUT2D eigenvalue weighted by atomic mass is 32.2. The van der Waals surface area contributed by atoms with Crippen LogP contribution in [0.1, 0.15) is 13.3 Å². The fraction of sp³-hybridized carbons (Fsp3) is 0.400. The molecule has 1 rings (SSSR count). The first-order chi connectivity index (χ1) is 7.49. The molecular formula is C10H15NO4S. The maximum absolute atomic E-state index is 11.0. The van der Waals surface area contributed by atoms with Crippen LogP contribution in [-0.2, 0) is 10.1 Å². The zero-order valence-electron chi connectivity index (χ0n) is 9.17. The van der Waals surface area contributed by atoms with Crippen molar-refractivity contribution in [2.75, 3.05) is 12.4 Å². The molecule has 0 aliphatic rings. The Balaban J connectivity index is 2.95. The molecule has 1 unspecified atom stereocenters. The highest BCUT2D eigenvalue weighted by molar-refractivity contribution is 7.86. The highest BCUT2D eigenvalue weighted by Gasteiger charge is 2.21. The molecule has 16 heavy (non-hydrogen) atoms. The predicted octanol–water partition coefficient (Wildman–Crippen LogP) is 1.73. The zero-order chi connectivity index (χ0) is 12.2. The van der Waals surface area contributed by atoms with Crippen LogP contribution < -0.4 is 10.1 Å². The van der Waals surface area contributed by atoms with E-state index >= 15 is 0 Å². The standard InChI is InChI=1S/C10H15NO4S/c1-3-10(16(12,13)14)11-8-6-4-5-7-9(8)15-2/h4-7,10-11H,3H2,1-2H3,(H,12,13,14). The van der Waals surface area contributed by atoms with Crippen LogP contribution in [0.15, 0.2) is 24.3 Å². The van der Waals surface area contributed by atoms with Gasteiger partial charge in [-0.15, -0.1) is 0 Å². The molecule has 6 heteroatoms. The number of nitrogens with one attached hydrogen (secondary N) is 1. The molecule has 0 aromatic heterocycles. The van der Waals surface area contributed by atoms with E-state index in [9.17, 15) is 8.42 Å². The Kier molecular flexibility index (Phi) is 4.14. The fourth-order valence-electron chi connectivity index (χ4n) is 1.32. The molecule has 1 aromatic carbocycles. The fourth-order valence-corrected chi connectivity index (χ4v) is 2.02. The van der Waals surface area contributed by atoms with Gasteiger partial charge in [0.1, 0.15) is 5.75 Å². The van der Waals surface area contributed by atoms with Crippen LogP contribution in [0.2, 0.25) is 0 Å². The summed E-state index contributed by atoms with van der Waals surface area (Å²) in [5.74, 6) is 0.532. The van der Waals surface area contributed by atoms with E-state index in [-0.39, 0.29) is 6.42 Å². The third-order valence-corrected chi connectivity index (χ3v) is 3.32. The van der Waals surface area contributed by atoms with Gasteiger partial charge in [-0.1, -0.05) is 19.1 Å². The molecule has 2 N–H and O–H groups in total. The van der Waals surface area contributed by atoms with E-state index in [1.165, 1.54) is 7.11 Å². The van der Waals surface area contributed by atoms with Crippen molar-refractivity contribution in [1.82, 2.24) is 0 Å². The van der Waals surface area contributed by atoms with Crippen molar-refractivity contribution in [2.24, 2.45) is 0 Å². The van der Waals surface area contributed by atoms with Crippen LogP contribution in [0.3, 0.4) is 0 Å². The van der Waals surface area contributed by atoms with Gasteiger partial charge in [-0.25, -0.2) is 0 Å². The largest absolute Gasteiger partial charge is 0.495 e. The molecule has 0 bridgehead atoms. The minimum atomic E-state index is -4.10. The molecule has 90 valence electrons. The molecule has 0 saturated heterocycles. The van der Waals surface area contributed by atoms with Crippen molar-refractivity contribution >= 4 is 15.8 Å². The third-order valence-electron chi connectivity index (χ3n) is 2.15. The maximum atomic E-state index is 11.0. The predicted molar refractivity (Wildman–Crippen MR) is 62.2 cm³/mol. The number of anilines is 1. The number of benzene rings is 1.